The molecule has 0 spiro atoms. The molecule has 0 amide bonds. The van der Waals surface area contributed by atoms with Crippen molar-refractivity contribution in [2.45, 2.75) is 63.8 Å². The number of thioether (sulfide) groups is 1. The summed E-state index contributed by atoms with van der Waals surface area (Å²) < 4.78 is 13.5. The number of rotatable bonds is 11. The number of aromatic nitrogens is 3. The van der Waals surface area contributed by atoms with Gasteiger partial charge in [-0.2, -0.15) is 0 Å². The molecule has 0 fully saturated rings. The Bertz CT molecular complexity index is 1790. The summed E-state index contributed by atoms with van der Waals surface area (Å²) in [7, 11) is 1.60. The van der Waals surface area contributed by atoms with Crippen molar-refractivity contribution >= 4 is 40.2 Å². The van der Waals surface area contributed by atoms with Gasteiger partial charge in [-0.3, -0.25) is 9.78 Å². The Morgan fingerprint density at radius 2 is 1.67 bits per heavy atom. The molecular formula is C36H38ClN3O4S. The van der Waals surface area contributed by atoms with Crippen LogP contribution in [0.3, 0.4) is 0 Å². The quantitative estimate of drug-likeness (QED) is 0.144. The average molecular weight is 644 g/mol. The van der Waals surface area contributed by atoms with Crippen molar-refractivity contribution in [1.29, 1.82) is 0 Å². The minimum atomic E-state index is -0.968. The van der Waals surface area contributed by atoms with Gasteiger partial charge in [0.2, 0.25) is 5.88 Å². The highest BCUT2D eigenvalue weighted by Crippen LogP contribution is 2.44. The number of methoxy groups -OCH3 is 1. The maximum absolute atomic E-state index is 12.4. The van der Waals surface area contributed by atoms with Gasteiger partial charge < -0.3 is 19.1 Å². The maximum Gasteiger partial charge on any atom is 0.309 e. The van der Waals surface area contributed by atoms with E-state index in [-0.39, 0.29) is 4.75 Å². The number of pyridine rings is 2. The van der Waals surface area contributed by atoms with Gasteiger partial charge in [-0.15, -0.1) is 11.8 Å². The van der Waals surface area contributed by atoms with Crippen LogP contribution in [0, 0.1) is 5.41 Å². The molecule has 0 aliphatic rings. The van der Waals surface area contributed by atoms with Gasteiger partial charge in [0.1, 0.15) is 12.4 Å². The second kappa shape index (κ2) is 13.2. The number of carbonyl (C=O) groups is 1. The topological polar surface area (TPSA) is 86.5 Å². The summed E-state index contributed by atoms with van der Waals surface area (Å²) in [4.78, 5) is 22.1. The summed E-state index contributed by atoms with van der Waals surface area (Å²) >= 11 is 7.75. The molecule has 0 aliphatic heterocycles. The van der Waals surface area contributed by atoms with Gasteiger partial charge in [-0.05, 0) is 61.4 Å². The van der Waals surface area contributed by atoms with Crippen molar-refractivity contribution in [2.75, 3.05) is 7.11 Å². The molecule has 1 N–H and O–H groups in total. The SMILES string of the molecule is COc1ccc(-c2ccc(Cn3c(CC(C)(C)C(=O)O)c(SC(C)(C)C)c4cc(OCc5ccc(Cl)cn5)ccc43)cc2)cn1. The van der Waals surface area contributed by atoms with E-state index in [0.717, 1.165) is 43.9 Å². The molecule has 0 saturated heterocycles. The van der Waals surface area contributed by atoms with Crippen LogP contribution < -0.4 is 9.47 Å². The second-order valence-electron chi connectivity index (χ2n) is 12.7. The van der Waals surface area contributed by atoms with Crippen molar-refractivity contribution in [3.63, 3.8) is 0 Å². The summed E-state index contributed by atoms with van der Waals surface area (Å²) in [5.41, 5.74) is 4.99. The predicted molar refractivity (Wildman–Crippen MR) is 182 cm³/mol. The third-order valence-corrected chi connectivity index (χ3v) is 8.93. The molecule has 3 aromatic heterocycles. The molecule has 5 aromatic rings. The standard InChI is InChI=1S/C36H38ClN3O4S/c1-35(2,3)45-33-29-17-28(44-22-27-13-12-26(37)20-38-27)14-15-30(29)40(31(33)18-36(4,5)34(41)42)21-23-7-9-24(10-8-23)25-11-16-32(43-6)39-19-25/h7-17,19-20H,18,21-22H2,1-6H3,(H,41,42). The van der Waals surface area contributed by atoms with Crippen LogP contribution in [0.2, 0.25) is 5.02 Å². The Kier molecular flexibility index (Phi) is 9.46. The van der Waals surface area contributed by atoms with Crippen LogP contribution in [-0.4, -0.2) is 37.5 Å². The summed E-state index contributed by atoms with van der Waals surface area (Å²) in [5, 5.41) is 11.7. The lowest BCUT2D eigenvalue weighted by Gasteiger charge is -2.24. The molecule has 5 rings (SSSR count). The smallest absolute Gasteiger partial charge is 0.309 e. The zero-order chi connectivity index (χ0) is 32.4. The van der Waals surface area contributed by atoms with Crippen LogP contribution in [0.5, 0.6) is 11.6 Å². The molecule has 0 unspecified atom stereocenters. The van der Waals surface area contributed by atoms with E-state index in [1.807, 2.05) is 24.3 Å². The summed E-state index contributed by atoms with van der Waals surface area (Å²) in [6.07, 6.45) is 3.78. The normalized spacial score (nSPS) is 12.0. The Morgan fingerprint density at radius 3 is 2.27 bits per heavy atom. The molecule has 0 atom stereocenters. The summed E-state index contributed by atoms with van der Waals surface area (Å²) in [6.45, 7) is 11.0. The Morgan fingerprint density at radius 1 is 0.933 bits per heavy atom. The monoisotopic (exact) mass is 643 g/mol. The highest BCUT2D eigenvalue weighted by atomic mass is 35.5. The van der Waals surface area contributed by atoms with E-state index in [9.17, 15) is 9.90 Å². The maximum atomic E-state index is 12.4. The van der Waals surface area contributed by atoms with Gasteiger partial charge in [0.05, 0.1) is 23.2 Å². The fraction of sp³-hybridized carbons (Fsp3) is 0.306. The largest absolute Gasteiger partial charge is 0.487 e. The van der Waals surface area contributed by atoms with Crippen LogP contribution >= 0.6 is 23.4 Å². The molecule has 3 heterocycles. The summed E-state index contributed by atoms with van der Waals surface area (Å²) in [5.74, 6) is 0.461. The van der Waals surface area contributed by atoms with Gasteiger partial charge in [0.15, 0.2) is 0 Å². The third-order valence-electron chi connectivity index (χ3n) is 7.44. The van der Waals surface area contributed by atoms with Crippen LogP contribution in [0.15, 0.2) is 84.0 Å². The number of halogens is 1. The van der Waals surface area contributed by atoms with Crippen LogP contribution in [0.4, 0.5) is 0 Å². The number of ether oxygens (including phenoxy) is 2. The fourth-order valence-electron chi connectivity index (χ4n) is 5.02. The van der Waals surface area contributed by atoms with Crippen molar-refractivity contribution in [1.82, 2.24) is 14.5 Å². The number of benzene rings is 2. The van der Waals surface area contributed by atoms with Gasteiger partial charge in [-0.25, -0.2) is 4.98 Å². The van der Waals surface area contributed by atoms with E-state index in [0.29, 0.717) is 36.2 Å². The van der Waals surface area contributed by atoms with Crippen molar-refractivity contribution in [3.05, 3.63) is 101 Å². The number of hydrogen-bond donors (Lipinski definition) is 1. The second-order valence-corrected chi connectivity index (χ2v) is 14.9. The molecule has 234 valence electrons. The molecule has 0 aliphatic carbocycles. The van der Waals surface area contributed by atoms with E-state index >= 15 is 0 Å². The molecule has 0 bridgehead atoms. The van der Waals surface area contributed by atoms with Crippen LogP contribution in [0.25, 0.3) is 22.0 Å². The third kappa shape index (κ3) is 7.81. The highest BCUT2D eigenvalue weighted by molar-refractivity contribution is 8.00. The molecule has 45 heavy (non-hydrogen) atoms. The lowest BCUT2D eigenvalue weighted by atomic mass is 9.88. The minimum Gasteiger partial charge on any atom is -0.487 e. The summed E-state index contributed by atoms with van der Waals surface area (Å²) in [6, 6.07) is 22.0. The van der Waals surface area contributed by atoms with Gasteiger partial charge in [0.25, 0.3) is 0 Å². The zero-order valence-corrected chi connectivity index (χ0v) is 28.0. The number of nitrogens with zero attached hydrogens (tertiary/aromatic N) is 3. The molecule has 0 radical (unpaired) electrons. The van der Waals surface area contributed by atoms with Gasteiger partial charge in [0, 0.05) is 63.2 Å². The number of carboxylic acid groups (broad SMARTS) is 1. The lowest BCUT2D eigenvalue weighted by molar-refractivity contribution is -0.146. The van der Waals surface area contributed by atoms with Crippen LogP contribution in [-0.2, 0) is 24.4 Å². The predicted octanol–water partition coefficient (Wildman–Crippen LogP) is 8.93. The Balaban J connectivity index is 1.56. The van der Waals surface area contributed by atoms with Crippen molar-refractivity contribution in [3.8, 4) is 22.8 Å². The minimum absolute atomic E-state index is 0.112. The molecule has 7 nitrogen and oxygen atoms in total. The first-order valence-corrected chi connectivity index (χ1v) is 15.9. The first-order valence-electron chi connectivity index (χ1n) is 14.7. The number of aliphatic carboxylic acids is 1. The molecule has 9 heteroatoms. The average Bonchev–Trinajstić information content (AvgIpc) is 3.26. The highest BCUT2D eigenvalue weighted by Gasteiger charge is 2.33. The zero-order valence-electron chi connectivity index (χ0n) is 26.4. The molecule has 2 aromatic carbocycles. The van der Waals surface area contributed by atoms with E-state index in [4.69, 9.17) is 21.1 Å². The van der Waals surface area contributed by atoms with Crippen molar-refractivity contribution < 1.29 is 19.4 Å². The lowest BCUT2D eigenvalue weighted by Crippen LogP contribution is -2.28. The van der Waals surface area contributed by atoms with Gasteiger partial charge >= 0.3 is 5.97 Å². The van der Waals surface area contributed by atoms with E-state index in [1.165, 1.54) is 0 Å². The van der Waals surface area contributed by atoms with E-state index in [2.05, 4.69) is 71.7 Å². The number of fused-ring (bicyclic) bond motifs is 1. The van der Waals surface area contributed by atoms with Crippen molar-refractivity contribution in [2.24, 2.45) is 5.41 Å². The van der Waals surface area contributed by atoms with Crippen LogP contribution in [0.1, 0.15) is 51.6 Å². The van der Waals surface area contributed by atoms with E-state index < -0.39 is 11.4 Å². The Hall–Kier alpha value is -4.01. The Labute approximate surface area is 273 Å². The van der Waals surface area contributed by atoms with Gasteiger partial charge in [-0.1, -0.05) is 56.6 Å². The number of carboxylic acids is 1. The first-order chi connectivity index (χ1) is 21.3. The van der Waals surface area contributed by atoms with E-state index in [1.54, 1.807) is 51.2 Å². The fourth-order valence-corrected chi connectivity index (χ4v) is 6.32. The molecule has 0 saturated carbocycles. The molecular weight excluding hydrogens is 606 g/mol. The first kappa shape index (κ1) is 32.4. The number of hydrogen-bond acceptors (Lipinski definition) is 6.